The van der Waals surface area contributed by atoms with E-state index in [4.69, 9.17) is 0 Å². The fourth-order valence-corrected chi connectivity index (χ4v) is 2.44. The third-order valence-electron chi connectivity index (χ3n) is 3.59. The van der Waals surface area contributed by atoms with Gasteiger partial charge in [0.15, 0.2) is 0 Å². The zero-order valence-electron chi connectivity index (χ0n) is 11.7. The van der Waals surface area contributed by atoms with Crippen LogP contribution >= 0.6 is 0 Å². The highest BCUT2D eigenvalue weighted by Gasteiger charge is 2.24. The maximum Gasteiger partial charge on any atom is 0.224 e. The second-order valence-corrected chi connectivity index (χ2v) is 5.35. The van der Waals surface area contributed by atoms with E-state index >= 15 is 0 Å². The minimum Gasteiger partial charge on any atom is -0.354 e. The van der Waals surface area contributed by atoms with Gasteiger partial charge in [0.2, 0.25) is 5.95 Å². The van der Waals surface area contributed by atoms with Crippen LogP contribution in [-0.4, -0.2) is 29.1 Å². The first-order valence-corrected chi connectivity index (χ1v) is 7.04. The molecule has 0 radical (unpaired) electrons. The predicted octanol–water partition coefficient (Wildman–Crippen LogP) is 2.92. The van der Waals surface area contributed by atoms with E-state index in [0.717, 1.165) is 37.2 Å². The van der Waals surface area contributed by atoms with Crippen molar-refractivity contribution in [3.05, 3.63) is 12.3 Å². The SMILES string of the molecule is CCCNc1nccc(N2CC(C)CCC2C)n1. The second-order valence-electron chi connectivity index (χ2n) is 5.35. The average Bonchev–Trinajstić information content (AvgIpc) is 2.39. The van der Waals surface area contributed by atoms with Crippen LogP contribution in [0, 0.1) is 5.92 Å². The van der Waals surface area contributed by atoms with Crippen molar-refractivity contribution in [2.45, 2.75) is 46.1 Å². The Balaban J connectivity index is 2.11. The lowest BCUT2D eigenvalue weighted by Gasteiger charge is -2.37. The molecule has 0 aromatic carbocycles. The van der Waals surface area contributed by atoms with E-state index in [-0.39, 0.29) is 0 Å². The van der Waals surface area contributed by atoms with Crippen LogP contribution in [-0.2, 0) is 0 Å². The van der Waals surface area contributed by atoms with Gasteiger partial charge in [-0.1, -0.05) is 13.8 Å². The topological polar surface area (TPSA) is 41.1 Å². The molecule has 1 aromatic heterocycles. The molecule has 0 aliphatic carbocycles. The summed E-state index contributed by atoms with van der Waals surface area (Å²) >= 11 is 0. The molecule has 1 saturated heterocycles. The molecule has 2 heterocycles. The molecule has 2 atom stereocenters. The molecule has 1 aromatic rings. The maximum atomic E-state index is 4.62. The molecule has 2 unspecified atom stereocenters. The fraction of sp³-hybridized carbons (Fsp3) is 0.714. The third kappa shape index (κ3) is 3.12. The summed E-state index contributed by atoms with van der Waals surface area (Å²) in [6.07, 6.45) is 5.52. The smallest absolute Gasteiger partial charge is 0.224 e. The van der Waals surface area contributed by atoms with Crippen LogP contribution in [0.15, 0.2) is 12.3 Å². The molecule has 4 nitrogen and oxygen atoms in total. The van der Waals surface area contributed by atoms with Gasteiger partial charge in [-0.3, -0.25) is 0 Å². The van der Waals surface area contributed by atoms with Crippen molar-refractivity contribution >= 4 is 11.8 Å². The van der Waals surface area contributed by atoms with Gasteiger partial charge >= 0.3 is 0 Å². The highest BCUT2D eigenvalue weighted by atomic mass is 15.2. The molecule has 0 amide bonds. The van der Waals surface area contributed by atoms with Gasteiger partial charge in [0.05, 0.1) is 0 Å². The van der Waals surface area contributed by atoms with Crippen molar-refractivity contribution < 1.29 is 0 Å². The Kier molecular flexibility index (Phi) is 4.39. The van der Waals surface area contributed by atoms with E-state index < -0.39 is 0 Å². The molecule has 1 fully saturated rings. The quantitative estimate of drug-likeness (QED) is 0.889. The van der Waals surface area contributed by atoms with Gasteiger partial charge in [-0.25, -0.2) is 4.98 Å². The fourth-order valence-electron chi connectivity index (χ4n) is 2.44. The number of hydrogen-bond donors (Lipinski definition) is 1. The van der Waals surface area contributed by atoms with Gasteiger partial charge in [-0.2, -0.15) is 4.98 Å². The third-order valence-corrected chi connectivity index (χ3v) is 3.59. The van der Waals surface area contributed by atoms with Crippen LogP contribution < -0.4 is 10.2 Å². The Morgan fingerprint density at radius 3 is 3.00 bits per heavy atom. The maximum absolute atomic E-state index is 4.62. The standard InChI is InChI=1S/C14H24N4/c1-4-8-15-14-16-9-7-13(17-14)18-10-11(2)5-6-12(18)3/h7,9,11-12H,4-6,8,10H2,1-3H3,(H,15,16,17). The Morgan fingerprint density at radius 2 is 2.22 bits per heavy atom. The molecule has 100 valence electrons. The molecular weight excluding hydrogens is 224 g/mol. The largest absolute Gasteiger partial charge is 0.354 e. The monoisotopic (exact) mass is 248 g/mol. The summed E-state index contributed by atoms with van der Waals surface area (Å²) in [6, 6.07) is 2.60. The minimum atomic E-state index is 0.579. The Hall–Kier alpha value is -1.32. The highest BCUT2D eigenvalue weighted by Crippen LogP contribution is 2.26. The first kappa shape index (κ1) is 13.1. The zero-order chi connectivity index (χ0) is 13.0. The van der Waals surface area contributed by atoms with Gasteiger partial charge in [-0.15, -0.1) is 0 Å². The van der Waals surface area contributed by atoms with Crippen molar-refractivity contribution in [2.75, 3.05) is 23.3 Å². The molecule has 0 saturated carbocycles. The molecular formula is C14H24N4. The van der Waals surface area contributed by atoms with E-state index in [1.165, 1.54) is 12.8 Å². The van der Waals surface area contributed by atoms with Crippen LogP contribution in [0.1, 0.15) is 40.0 Å². The summed E-state index contributed by atoms with van der Waals surface area (Å²) in [5.41, 5.74) is 0. The van der Waals surface area contributed by atoms with Crippen molar-refractivity contribution in [1.29, 1.82) is 0 Å². The Bertz CT molecular complexity index is 380. The van der Waals surface area contributed by atoms with E-state index in [1.54, 1.807) is 0 Å². The second kappa shape index (κ2) is 6.03. The Labute approximate surface area is 110 Å². The van der Waals surface area contributed by atoms with Crippen LogP contribution in [0.5, 0.6) is 0 Å². The zero-order valence-corrected chi connectivity index (χ0v) is 11.7. The predicted molar refractivity (Wildman–Crippen MR) is 76.0 cm³/mol. The van der Waals surface area contributed by atoms with Gasteiger partial charge in [0.25, 0.3) is 0 Å². The van der Waals surface area contributed by atoms with Gasteiger partial charge in [-0.05, 0) is 38.2 Å². The van der Waals surface area contributed by atoms with Crippen molar-refractivity contribution in [3.63, 3.8) is 0 Å². The van der Waals surface area contributed by atoms with Crippen molar-refractivity contribution in [1.82, 2.24) is 9.97 Å². The average molecular weight is 248 g/mol. The lowest BCUT2D eigenvalue weighted by molar-refractivity contribution is 0.388. The van der Waals surface area contributed by atoms with Crippen molar-refractivity contribution in [2.24, 2.45) is 5.92 Å². The van der Waals surface area contributed by atoms with E-state index in [0.29, 0.717) is 6.04 Å². The van der Waals surface area contributed by atoms with Crippen LogP contribution in [0.3, 0.4) is 0 Å². The van der Waals surface area contributed by atoms with Gasteiger partial charge < -0.3 is 10.2 Å². The minimum absolute atomic E-state index is 0.579. The number of piperidine rings is 1. The highest BCUT2D eigenvalue weighted by molar-refractivity contribution is 5.43. The van der Waals surface area contributed by atoms with E-state index in [9.17, 15) is 0 Å². The molecule has 2 rings (SSSR count). The van der Waals surface area contributed by atoms with Crippen LogP contribution in [0.25, 0.3) is 0 Å². The molecule has 0 bridgehead atoms. The molecule has 1 N–H and O–H groups in total. The number of anilines is 2. The summed E-state index contributed by atoms with van der Waals surface area (Å²) in [7, 11) is 0. The number of rotatable bonds is 4. The van der Waals surface area contributed by atoms with Crippen LogP contribution in [0.2, 0.25) is 0 Å². The summed E-state index contributed by atoms with van der Waals surface area (Å²) in [4.78, 5) is 11.3. The number of aromatic nitrogens is 2. The number of nitrogens with zero attached hydrogens (tertiary/aromatic N) is 3. The molecule has 18 heavy (non-hydrogen) atoms. The lowest BCUT2D eigenvalue weighted by atomic mass is 9.95. The summed E-state index contributed by atoms with van der Waals surface area (Å²) in [6.45, 7) is 8.77. The molecule has 1 aliphatic rings. The van der Waals surface area contributed by atoms with Crippen molar-refractivity contribution in [3.8, 4) is 0 Å². The first-order valence-electron chi connectivity index (χ1n) is 7.04. The van der Waals surface area contributed by atoms with Crippen LogP contribution in [0.4, 0.5) is 11.8 Å². The van der Waals surface area contributed by atoms with Gasteiger partial charge in [0.1, 0.15) is 5.82 Å². The summed E-state index contributed by atoms with van der Waals surface area (Å²) in [5, 5.41) is 3.25. The molecule has 0 spiro atoms. The normalized spacial score (nSPS) is 24.1. The first-order chi connectivity index (χ1) is 8.70. The molecule has 4 heteroatoms. The van der Waals surface area contributed by atoms with E-state index in [2.05, 4.69) is 41.0 Å². The molecule has 1 aliphatic heterocycles. The number of hydrogen-bond acceptors (Lipinski definition) is 4. The lowest BCUT2D eigenvalue weighted by Crippen LogP contribution is -2.41. The summed E-state index contributed by atoms with van der Waals surface area (Å²) in [5.74, 6) is 2.56. The number of nitrogens with one attached hydrogen (secondary N) is 1. The Morgan fingerprint density at radius 1 is 1.39 bits per heavy atom. The van der Waals surface area contributed by atoms with E-state index in [1.807, 2.05) is 12.3 Å². The summed E-state index contributed by atoms with van der Waals surface area (Å²) < 4.78 is 0. The van der Waals surface area contributed by atoms with Gasteiger partial charge in [0, 0.05) is 25.3 Å².